The van der Waals surface area contributed by atoms with Crippen molar-refractivity contribution in [3.05, 3.63) is 0 Å². The number of hydrogen-bond acceptors (Lipinski definition) is 6. The van der Waals surface area contributed by atoms with Gasteiger partial charge in [0.2, 0.25) is 5.91 Å². The molecule has 0 aromatic carbocycles. The van der Waals surface area contributed by atoms with E-state index < -0.39 is 18.0 Å². The van der Waals surface area contributed by atoms with Gasteiger partial charge in [-0.1, -0.05) is 0 Å². The molecule has 0 spiro atoms. The molecule has 0 saturated heterocycles. The number of alkyl carbamates (subject to hydrolysis) is 1. The smallest absolute Gasteiger partial charge is 0.413 e. The maximum atomic E-state index is 11.2. The molecule has 0 aliphatic rings. The van der Waals surface area contributed by atoms with Crippen LogP contribution in [0.5, 0.6) is 0 Å². The zero-order valence-electron chi connectivity index (χ0n) is 9.61. The molecule has 7 nitrogen and oxygen atoms in total. The first-order chi connectivity index (χ1) is 7.49. The van der Waals surface area contributed by atoms with E-state index in [9.17, 15) is 14.4 Å². The molecule has 1 N–H and O–H groups in total. The summed E-state index contributed by atoms with van der Waals surface area (Å²) in [5.74, 6) is -0.990. The number of methoxy groups -OCH3 is 1. The summed E-state index contributed by atoms with van der Waals surface area (Å²) in [6.07, 6.45) is -0.793. The van der Waals surface area contributed by atoms with Crippen molar-refractivity contribution >= 4 is 18.0 Å². The summed E-state index contributed by atoms with van der Waals surface area (Å²) < 4.78 is 8.93. The predicted octanol–water partition coefficient (Wildman–Crippen LogP) is -0.636. The van der Waals surface area contributed by atoms with Gasteiger partial charge in [0.25, 0.3) is 0 Å². The lowest BCUT2D eigenvalue weighted by atomic mass is 10.5. The lowest BCUT2D eigenvalue weighted by Crippen LogP contribution is -2.40. The highest BCUT2D eigenvalue weighted by atomic mass is 16.5. The Morgan fingerprint density at radius 3 is 2.38 bits per heavy atom. The van der Waals surface area contributed by atoms with Crippen molar-refractivity contribution in [1.82, 2.24) is 10.2 Å². The quantitative estimate of drug-likeness (QED) is 0.635. The van der Waals surface area contributed by atoms with E-state index in [-0.39, 0.29) is 19.7 Å². The fraction of sp³-hybridized carbons (Fsp3) is 0.667. The first kappa shape index (κ1) is 14.4. The lowest BCUT2D eigenvalue weighted by molar-refractivity contribution is -0.141. The molecular formula is C9H16N2O5. The summed E-state index contributed by atoms with van der Waals surface area (Å²) in [4.78, 5) is 34.3. The average Bonchev–Trinajstić information content (AvgIpc) is 2.16. The molecule has 0 bridgehead atoms. The van der Waals surface area contributed by atoms with E-state index in [4.69, 9.17) is 0 Å². The van der Waals surface area contributed by atoms with Gasteiger partial charge in [-0.05, 0) is 14.0 Å². The molecule has 0 fully saturated rings. The highest BCUT2D eigenvalue weighted by Crippen LogP contribution is 1.85. The first-order valence-electron chi connectivity index (χ1n) is 4.71. The molecule has 0 unspecified atom stereocenters. The SMILES string of the molecule is CCOC(=O)NC(=O)CN(C)CC(=O)OC. The number of rotatable bonds is 5. The van der Waals surface area contributed by atoms with Gasteiger partial charge < -0.3 is 9.47 Å². The van der Waals surface area contributed by atoms with Gasteiger partial charge in [0.05, 0.1) is 26.8 Å². The van der Waals surface area contributed by atoms with Gasteiger partial charge in [0.15, 0.2) is 0 Å². The molecule has 0 rings (SSSR count). The van der Waals surface area contributed by atoms with E-state index in [1.165, 1.54) is 12.0 Å². The minimum atomic E-state index is -0.793. The van der Waals surface area contributed by atoms with E-state index >= 15 is 0 Å². The van der Waals surface area contributed by atoms with E-state index in [1.54, 1.807) is 14.0 Å². The molecule has 0 radical (unpaired) electrons. The minimum Gasteiger partial charge on any atom is -0.468 e. The molecule has 7 heteroatoms. The summed E-state index contributed by atoms with van der Waals surface area (Å²) in [7, 11) is 2.82. The number of nitrogens with zero attached hydrogens (tertiary/aromatic N) is 1. The molecule has 0 aromatic rings. The van der Waals surface area contributed by atoms with Gasteiger partial charge in [0.1, 0.15) is 0 Å². The third-order valence-electron chi connectivity index (χ3n) is 1.56. The van der Waals surface area contributed by atoms with Crippen LogP contribution < -0.4 is 5.32 Å². The zero-order chi connectivity index (χ0) is 12.6. The Labute approximate surface area is 93.7 Å². The molecule has 2 amide bonds. The largest absolute Gasteiger partial charge is 0.468 e. The fourth-order valence-electron chi connectivity index (χ4n) is 0.907. The van der Waals surface area contributed by atoms with Crippen LogP contribution in [-0.2, 0) is 19.1 Å². The number of ether oxygens (including phenoxy) is 2. The molecule has 0 saturated carbocycles. The Hall–Kier alpha value is -1.63. The molecule has 0 aliphatic carbocycles. The molecule has 92 valence electrons. The van der Waals surface area contributed by atoms with Gasteiger partial charge in [-0.2, -0.15) is 0 Å². The number of likely N-dealkylation sites (N-methyl/N-ethyl adjacent to an activating group) is 1. The van der Waals surface area contributed by atoms with Crippen LogP contribution in [0, 0.1) is 0 Å². The highest BCUT2D eigenvalue weighted by Gasteiger charge is 2.13. The second-order valence-corrected chi connectivity index (χ2v) is 3.02. The van der Waals surface area contributed by atoms with Crippen molar-refractivity contribution in [3.8, 4) is 0 Å². The third-order valence-corrected chi connectivity index (χ3v) is 1.56. The topological polar surface area (TPSA) is 84.9 Å². The molecular weight excluding hydrogens is 216 g/mol. The van der Waals surface area contributed by atoms with Crippen molar-refractivity contribution in [1.29, 1.82) is 0 Å². The van der Waals surface area contributed by atoms with E-state index in [0.29, 0.717) is 0 Å². The van der Waals surface area contributed by atoms with Crippen LogP contribution in [0.4, 0.5) is 4.79 Å². The van der Waals surface area contributed by atoms with Crippen LogP contribution >= 0.6 is 0 Å². The Bertz CT molecular complexity index is 267. The summed E-state index contributed by atoms with van der Waals surface area (Å²) in [6, 6.07) is 0. The molecule has 0 heterocycles. The van der Waals surface area contributed by atoms with Crippen LogP contribution in [0.3, 0.4) is 0 Å². The summed E-state index contributed by atoms with van der Waals surface area (Å²) >= 11 is 0. The molecule has 0 aromatic heterocycles. The van der Waals surface area contributed by atoms with Crippen LogP contribution in [0.15, 0.2) is 0 Å². The van der Waals surface area contributed by atoms with Crippen molar-refractivity contribution < 1.29 is 23.9 Å². The Balaban J connectivity index is 3.86. The second kappa shape index (κ2) is 7.63. The predicted molar refractivity (Wildman–Crippen MR) is 54.7 cm³/mol. The van der Waals surface area contributed by atoms with Gasteiger partial charge in [-0.3, -0.25) is 19.8 Å². The Kier molecular flexibility index (Phi) is 6.86. The monoisotopic (exact) mass is 232 g/mol. The third kappa shape index (κ3) is 6.77. The number of amides is 2. The van der Waals surface area contributed by atoms with E-state index in [0.717, 1.165) is 0 Å². The zero-order valence-corrected chi connectivity index (χ0v) is 9.61. The molecule has 0 atom stereocenters. The number of carbonyl (C=O) groups excluding carboxylic acids is 3. The number of carbonyl (C=O) groups is 3. The van der Waals surface area contributed by atoms with Crippen molar-refractivity contribution in [2.75, 3.05) is 33.9 Å². The van der Waals surface area contributed by atoms with Crippen LogP contribution in [0.1, 0.15) is 6.92 Å². The summed E-state index contributed by atoms with van der Waals surface area (Å²) in [6.45, 7) is 1.71. The maximum absolute atomic E-state index is 11.2. The lowest BCUT2D eigenvalue weighted by Gasteiger charge is -2.13. The van der Waals surface area contributed by atoms with Gasteiger partial charge in [-0.25, -0.2) is 4.79 Å². The normalized spacial score (nSPS) is 9.75. The molecule has 16 heavy (non-hydrogen) atoms. The number of esters is 1. The maximum Gasteiger partial charge on any atom is 0.413 e. The summed E-state index contributed by atoms with van der Waals surface area (Å²) in [5.41, 5.74) is 0. The van der Waals surface area contributed by atoms with Gasteiger partial charge in [0, 0.05) is 0 Å². The highest BCUT2D eigenvalue weighted by molar-refractivity contribution is 5.93. The van der Waals surface area contributed by atoms with Crippen LogP contribution in [0.25, 0.3) is 0 Å². The van der Waals surface area contributed by atoms with Gasteiger partial charge >= 0.3 is 12.1 Å². The van der Waals surface area contributed by atoms with Crippen molar-refractivity contribution in [3.63, 3.8) is 0 Å². The number of imide groups is 1. The fourth-order valence-corrected chi connectivity index (χ4v) is 0.907. The number of nitrogens with one attached hydrogen (secondary N) is 1. The van der Waals surface area contributed by atoms with Crippen molar-refractivity contribution in [2.24, 2.45) is 0 Å². The van der Waals surface area contributed by atoms with Crippen LogP contribution in [-0.4, -0.2) is 56.7 Å². The Morgan fingerprint density at radius 2 is 1.88 bits per heavy atom. The standard InChI is InChI=1S/C9H16N2O5/c1-4-16-9(14)10-7(12)5-11(2)6-8(13)15-3/h4-6H2,1-3H3,(H,10,12,14). The van der Waals surface area contributed by atoms with Gasteiger partial charge in [-0.15, -0.1) is 0 Å². The number of hydrogen-bond donors (Lipinski definition) is 1. The van der Waals surface area contributed by atoms with E-state index in [2.05, 4.69) is 9.47 Å². The first-order valence-corrected chi connectivity index (χ1v) is 4.71. The Morgan fingerprint density at radius 1 is 1.25 bits per heavy atom. The minimum absolute atomic E-state index is 0.0211. The second-order valence-electron chi connectivity index (χ2n) is 3.02. The molecule has 0 aliphatic heterocycles. The van der Waals surface area contributed by atoms with E-state index in [1.807, 2.05) is 5.32 Å². The van der Waals surface area contributed by atoms with Crippen LogP contribution in [0.2, 0.25) is 0 Å². The van der Waals surface area contributed by atoms with Crippen molar-refractivity contribution in [2.45, 2.75) is 6.92 Å². The summed E-state index contributed by atoms with van der Waals surface area (Å²) in [5, 5.41) is 2.01. The average molecular weight is 232 g/mol.